The minimum Gasteiger partial charge on any atom is -0.311 e. The fraction of sp³-hybridized carbons (Fsp3) is 0.833. The Hall–Kier alpha value is -0.570. The monoisotopic (exact) mass is 423 g/mol. The van der Waals surface area contributed by atoms with Crippen LogP contribution in [0, 0.1) is 17.3 Å². The van der Waals surface area contributed by atoms with Gasteiger partial charge in [0.1, 0.15) is 0 Å². The van der Waals surface area contributed by atoms with Crippen LogP contribution in [0.4, 0.5) is 0 Å². The van der Waals surface area contributed by atoms with Gasteiger partial charge in [-0.1, -0.05) is 34.1 Å². The highest BCUT2D eigenvalue weighted by molar-refractivity contribution is 7.12. The van der Waals surface area contributed by atoms with E-state index < -0.39 is 0 Å². The Morgan fingerprint density at radius 2 is 1.59 bits per heavy atom. The normalized spacial score (nSPS) is 25.3. The van der Waals surface area contributed by atoms with E-state index in [9.17, 15) is 5.21 Å². The molecule has 3 atom stereocenters. The topological polar surface area (TPSA) is 48.2 Å². The molecule has 0 amide bonds. The van der Waals surface area contributed by atoms with E-state index >= 15 is 0 Å². The van der Waals surface area contributed by atoms with E-state index in [0.717, 1.165) is 19.3 Å². The first-order valence-corrected chi connectivity index (χ1v) is 11.7. The van der Waals surface area contributed by atoms with E-state index in [1.165, 1.54) is 29.1 Å². The van der Waals surface area contributed by atoms with Crippen LogP contribution < -0.4 is 0 Å². The van der Waals surface area contributed by atoms with Gasteiger partial charge in [-0.15, -0.1) is 0 Å². The fourth-order valence-electron chi connectivity index (χ4n) is 4.32. The summed E-state index contributed by atoms with van der Waals surface area (Å²) >= 11 is 0. The van der Waals surface area contributed by atoms with Gasteiger partial charge in [-0.05, 0) is 99.1 Å². The summed E-state index contributed by atoms with van der Waals surface area (Å²) in [7, 11) is 2.32. The van der Waals surface area contributed by atoms with Crippen LogP contribution in [0.15, 0.2) is 22.1 Å². The second-order valence-corrected chi connectivity index (χ2v) is 12.1. The number of hydrogen-bond donors (Lipinski definition) is 1. The molecule has 0 radical (unpaired) electrons. The van der Waals surface area contributed by atoms with Gasteiger partial charge in [-0.2, -0.15) is 4.83 Å². The van der Waals surface area contributed by atoms with Gasteiger partial charge in [-0.3, -0.25) is 9.98 Å². The summed E-state index contributed by atoms with van der Waals surface area (Å²) in [6.07, 6.45) is 9.75. The second kappa shape index (κ2) is 10.6. The highest BCUT2D eigenvalue weighted by atomic mass is 31.0. The molecule has 0 saturated carbocycles. The predicted molar refractivity (Wildman–Crippen MR) is 131 cm³/mol. The van der Waals surface area contributed by atoms with Crippen molar-refractivity contribution in [1.82, 2.24) is 4.83 Å². The van der Waals surface area contributed by atoms with Crippen molar-refractivity contribution >= 4 is 20.8 Å². The largest absolute Gasteiger partial charge is 0.311 e. The number of hydrogen-bond acceptors (Lipinski definition) is 4. The number of nitrogens with zero attached hydrogens (tertiary/aromatic N) is 3. The highest BCUT2D eigenvalue weighted by Gasteiger charge is 2.31. The maximum Gasteiger partial charge on any atom is 0.0558 e. The smallest absolute Gasteiger partial charge is 0.0558 e. The van der Waals surface area contributed by atoms with Crippen molar-refractivity contribution in [2.24, 2.45) is 27.2 Å². The van der Waals surface area contributed by atoms with Gasteiger partial charge in [-0.25, -0.2) is 0 Å². The summed E-state index contributed by atoms with van der Waals surface area (Å²) in [6.45, 7) is 20.7. The van der Waals surface area contributed by atoms with E-state index in [-0.39, 0.29) is 16.5 Å². The van der Waals surface area contributed by atoms with Gasteiger partial charge < -0.3 is 5.21 Å². The van der Waals surface area contributed by atoms with Crippen LogP contribution in [-0.2, 0) is 0 Å². The molecule has 0 aromatic heterocycles. The fourth-order valence-corrected chi connectivity index (χ4v) is 4.68. The van der Waals surface area contributed by atoms with Gasteiger partial charge in [0.05, 0.1) is 11.1 Å². The molecule has 0 bridgehead atoms. The first kappa shape index (κ1) is 26.5. The maximum absolute atomic E-state index is 9.51. The third kappa shape index (κ3) is 11.4. The van der Waals surface area contributed by atoms with E-state index in [1.807, 2.05) is 0 Å². The number of aliphatic imine (C=N–C) groups is 2. The standard InChI is InChI=1S/C24H46N3OP/c1-18(2)12-13-24(9)15-20(25-22(4,5)6)10-11-21(16-24)26-23(7,8)14-19(3)17-27(28)29/h10-11,18-19,28H,12-17,29H2,1-9H3. The van der Waals surface area contributed by atoms with Gasteiger partial charge in [0, 0.05) is 18.0 Å². The summed E-state index contributed by atoms with van der Waals surface area (Å²) in [5.74, 6) is 1.06. The molecule has 168 valence electrons. The predicted octanol–water partition coefficient (Wildman–Crippen LogP) is 6.75. The van der Waals surface area contributed by atoms with Crippen molar-refractivity contribution in [1.29, 1.82) is 0 Å². The third-order valence-electron chi connectivity index (χ3n) is 5.28. The van der Waals surface area contributed by atoms with Gasteiger partial charge in [0.15, 0.2) is 0 Å². The zero-order chi connectivity index (χ0) is 22.5. The van der Waals surface area contributed by atoms with E-state index in [0.29, 0.717) is 18.4 Å². The summed E-state index contributed by atoms with van der Waals surface area (Å²) in [5, 5.41) is 9.51. The molecule has 5 heteroatoms. The van der Waals surface area contributed by atoms with E-state index in [4.69, 9.17) is 9.98 Å². The van der Waals surface area contributed by atoms with Gasteiger partial charge >= 0.3 is 0 Å². The van der Waals surface area contributed by atoms with Crippen LogP contribution in [0.2, 0.25) is 0 Å². The van der Waals surface area contributed by atoms with Crippen molar-refractivity contribution in [3.63, 3.8) is 0 Å². The van der Waals surface area contributed by atoms with Crippen molar-refractivity contribution < 1.29 is 5.21 Å². The lowest BCUT2D eigenvalue weighted by Crippen LogP contribution is -2.28. The van der Waals surface area contributed by atoms with Gasteiger partial charge in [0.25, 0.3) is 0 Å². The van der Waals surface area contributed by atoms with Crippen molar-refractivity contribution in [3.05, 3.63) is 12.2 Å². The zero-order valence-corrected chi connectivity index (χ0v) is 21.6. The lowest BCUT2D eigenvalue weighted by atomic mass is 9.76. The average molecular weight is 424 g/mol. The minimum absolute atomic E-state index is 0.0662. The van der Waals surface area contributed by atoms with E-state index in [1.54, 1.807) is 0 Å². The van der Waals surface area contributed by atoms with Crippen LogP contribution in [-0.4, -0.2) is 39.1 Å². The molecule has 0 saturated heterocycles. The Balaban J connectivity index is 3.15. The molecule has 0 aromatic carbocycles. The lowest BCUT2D eigenvalue weighted by molar-refractivity contribution is 0.000759. The van der Waals surface area contributed by atoms with Crippen LogP contribution >= 0.6 is 9.39 Å². The van der Waals surface area contributed by atoms with Crippen LogP contribution in [0.1, 0.15) is 94.4 Å². The minimum atomic E-state index is -0.162. The Labute approximate surface area is 182 Å². The molecule has 0 aliphatic heterocycles. The van der Waals surface area contributed by atoms with Crippen LogP contribution in [0.3, 0.4) is 0 Å². The first-order valence-electron chi connectivity index (χ1n) is 11.2. The van der Waals surface area contributed by atoms with Crippen molar-refractivity contribution in [3.8, 4) is 0 Å². The highest BCUT2D eigenvalue weighted by Crippen LogP contribution is 2.37. The second-order valence-electron chi connectivity index (χ2n) is 11.6. The van der Waals surface area contributed by atoms with Crippen molar-refractivity contribution in [2.45, 2.75) is 105 Å². The maximum atomic E-state index is 9.51. The molecule has 29 heavy (non-hydrogen) atoms. The summed E-state index contributed by atoms with van der Waals surface area (Å²) in [4.78, 5) is 11.4. The zero-order valence-electron chi connectivity index (χ0n) is 20.4. The first-order chi connectivity index (χ1) is 13.1. The molecular formula is C24H46N3OP. The molecule has 1 N–H and O–H groups in total. The molecular weight excluding hydrogens is 377 g/mol. The molecule has 0 aromatic rings. The molecule has 4 nitrogen and oxygen atoms in total. The summed E-state index contributed by atoms with van der Waals surface area (Å²) in [5.41, 5.74) is 2.33. The SMILES string of the molecule is CC(C)CCC1(C)CC(=NC(C)(C)C)C=CC(=NC(C)(C)CC(C)CN(O)P)C1. The lowest BCUT2D eigenvalue weighted by Gasteiger charge is -2.31. The number of hydroxylamine groups is 1. The third-order valence-corrected chi connectivity index (χ3v) is 5.49. The number of rotatable bonds is 8. The Kier molecular flexibility index (Phi) is 9.71. The Morgan fingerprint density at radius 1 is 1.07 bits per heavy atom. The summed E-state index contributed by atoms with van der Waals surface area (Å²) < 4.78 is 0. The Bertz CT molecular complexity index is 614. The van der Waals surface area contributed by atoms with Gasteiger partial charge in [0.2, 0.25) is 0 Å². The van der Waals surface area contributed by atoms with Crippen LogP contribution in [0.5, 0.6) is 0 Å². The molecule has 0 spiro atoms. The quantitative estimate of drug-likeness (QED) is 0.347. The Morgan fingerprint density at radius 3 is 2.03 bits per heavy atom. The number of allylic oxidation sites excluding steroid dienone is 2. The molecule has 0 heterocycles. The molecule has 1 aliphatic carbocycles. The molecule has 3 unspecified atom stereocenters. The molecule has 1 aliphatic rings. The van der Waals surface area contributed by atoms with Crippen molar-refractivity contribution in [2.75, 3.05) is 6.54 Å². The van der Waals surface area contributed by atoms with E-state index in [2.05, 4.69) is 83.9 Å². The molecule has 1 rings (SSSR count). The average Bonchev–Trinajstić information content (AvgIpc) is 2.60. The summed E-state index contributed by atoms with van der Waals surface area (Å²) in [6, 6.07) is 0. The molecule has 0 fully saturated rings. The van der Waals surface area contributed by atoms with Crippen LogP contribution in [0.25, 0.3) is 0 Å².